The van der Waals surface area contributed by atoms with E-state index in [4.69, 9.17) is 15.2 Å². The van der Waals surface area contributed by atoms with Gasteiger partial charge in [-0.3, -0.25) is 4.79 Å². The van der Waals surface area contributed by atoms with Gasteiger partial charge < -0.3 is 15.2 Å². The van der Waals surface area contributed by atoms with Gasteiger partial charge in [-0.1, -0.05) is 0 Å². The van der Waals surface area contributed by atoms with E-state index in [9.17, 15) is 4.79 Å². The summed E-state index contributed by atoms with van der Waals surface area (Å²) in [5, 5.41) is 3.94. The summed E-state index contributed by atoms with van der Waals surface area (Å²) < 4.78 is 10.7. The van der Waals surface area contributed by atoms with Crippen LogP contribution in [0.4, 0.5) is 5.69 Å². The van der Waals surface area contributed by atoms with E-state index in [0.29, 0.717) is 29.4 Å². The lowest BCUT2D eigenvalue weighted by atomic mass is 10.2. The van der Waals surface area contributed by atoms with E-state index in [1.165, 1.54) is 6.21 Å². The number of nitrogens with two attached hydrogens (primary N) is 1. The van der Waals surface area contributed by atoms with Gasteiger partial charge in [-0.05, 0) is 55.0 Å². The molecule has 0 unspecified atom stereocenters. The second kappa shape index (κ2) is 7.84. The Labute approximate surface area is 134 Å². The number of nitrogens with zero attached hydrogens (tertiary/aromatic N) is 1. The molecule has 6 heteroatoms. The average Bonchev–Trinajstić information content (AvgIpc) is 2.56. The second-order valence-electron chi connectivity index (χ2n) is 4.66. The molecular formula is C17H19N3O3. The molecule has 0 atom stereocenters. The van der Waals surface area contributed by atoms with Gasteiger partial charge in [0.25, 0.3) is 5.91 Å². The minimum atomic E-state index is -0.306. The molecule has 1 amide bonds. The van der Waals surface area contributed by atoms with Crippen molar-refractivity contribution in [1.29, 1.82) is 0 Å². The number of hydrogen-bond acceptors (Lipinski definition) is 5. The number of carbonyl (C=O) groups is 1. The van der Waals surface area contributed by atoms with Gasteiger partial charge in [-0.25, -0.2) is 5.43 Å². The molecule has 0 aliphatic heterocycles. The highest BCUT2D eigenvalue weighted by atomic mass is 16.5. The molecule has 0 radical (unpaired) electrons. The van der Waals surface area contributed by atoms with Crippen molar-refractivity contribution in [3.05, 3.63) is 53.6 Å². The van der Waals surface area contributed by atoms with Crippen LogP contribution in [0.15, 0.2) is 47.6 Å². The molecule has 120 valence electrons. The largest absolute Gasteiger partial charge is 0.493 e. The van der Waals surface area contributed by atoms with Crippen LogP contribution in [-0.2, 0) is 0 Å². The number of ether oxygens (including phenoxy) is 2. The molecule has 23 heavy (non-hydrogen) atoms. The van der Waals surface area contributed by atoms with Crippen molar-refractivity contribution < 1.29 is 14.3 Å². The van der Waals surface area contributed by atoms with Gasteiger partial charge in [0.2, 0.25) is 0 Å². The van der Waals surface area contributed by atoms with E-state index in [2.05, 4.69) is 10.5 Å². The smallest absolute Gasteiger partial charge is 0.271 e. The van der Waals surface area contributed by atoms with Crippen molar-refractivity contribution in [3.8, 4) is 11.5 Å². The van der Waals surface area contributed by atoms with Gasteiger partial charge in [-0.2, -0.15) is 5.10 Å². The maximum absolute atomic E-state index is 11.9. The number of methoxy groups -OCH3 is 1. The third-order valence-corrected chi connectivity index (χ3v) is 3.04. The zero-order valence-electron chi connectivity index (χ0n) is 13.1. The van der Waals surface area contributed by atoms with Crippen LogP contribution < -0.4 is 20.6 Å². The summed E-state index contributed by atoms with van der Waals surface area (Å²) in [4.78, 5) is 11.9. The van der Waals surface area contributed by atoms with Crippen molar-refractivity contribution in [2.45, 2.75) is 6.92 Å². The molecule has 3 N–H and O–H groups in total. The molecule has 0 aromatic heterocycles. The van der Waals surface area contributed by atoms with Crippen LogP contribution in [0.25, 0.3) is 0 Å². The van der Waals surface area contributed by atoms with Gasteiger partial charge in [0.1, 0.15) is 0 Å². The Balaban J connectivity index is 2.03. The topological polar surface area (TPSA) is 85.9 Å². The number of anilines is 1. The molecule has 6 nitrogen and oxygen atoms in total. The second-order valence-corrected chi connectivity index (χ2v) is 4.66. The molecule has 2 aromatic rings. The number of nitrogen functional groups attached to an aromatic ring is 1. The number of hydrogen-bond donors (Lipinski definition) is 2. The van der Waals surface area contributed by atoms with Gasteiger partial charge in [0, 0.05) is 11.3 Å². The third kappa shape index (κ3) is 4.47. The molecule has 2 aromatic carbocycles. The summed E-state index contributed by atoms with van der Waals surface area (Å²) in [5.41, 5.74) is 9.92. The zero-order valence-corrected chi connectivity index (χ0v) is 13.1. The molecule has 0 aliphatic rings. The Morgan fingerprint density at radius 2 is 1.96 bits per heavy atom. The van der Waals surface area contributed by atoms with Gasteiger partial charge in [0.15, 0.2) is 11.5 Å². The van der Waals surface area contributed by atoms with Gasteiger partial charge in [0.05, 0.1) is 19.9 Å². The van der Waals surface area contributed by atoms with Gasteiger partial charge in [-0.15, -0.1) is 0 Å². The van der Waals surface area contributed by atoms with E-state index in [1.54, 1.807) is 43.5 Å². The van der Waals surface area contributed by atoms with E-state index in [1.807, 2.05) is 13.0 Å². The fourth-order valence-electron chi connectivity index (χ4n) is 1.91. The quantitative estimate of drug-likeness (QED) is 0.487. The van der Waals surface area contributed by atoms with Crippen molar-refractivity contribution in [2.24, 2.45) is 5.10 Å². The van der Waals surface area contributed by atoms with Crippen molar-refractivity contribution in [3.63, 3.8) is 0 Å². The zero-order chi connectivity index (χ0) is 16.7. The Morgan fingerprint density at radius 3 is 2.61 bits per heavy atom. The number of benzene rings is 2. The molecule has 2 rings (SSSR count). The minimum absolute atomic E-state index is 0.306. The van der Waals surface area contributed by atoms with E-state index >= 15 is 0 Å². The lowest BCUT2D eigenvalue weighted by Gasteiger charge is -2.09. The first kappa shape index (κ1) is 16.4. The summed E-state index contributed by atoms with van der Waals surface area (Å²) in [6, 6.07) is 12.0. The van der Waals surface area contributed by atoms with Crippen LogP contribution >= 0.6 is 0 Å². The minimum Gasteiger partial charge on any atom is -0.493 e. The normalized spacial score (nSPS) is 10.5. The van der Waals surface area contributed by atoms with Crippen molar-refractivity contribution in [1.82, 2.24) is 5.43 Å². The molecule has 0 fully saturated rings. The first-order valence-corrected chi connectivity index (χ1v) is 7.13. The Kier molecular flexibility index (Phi) is 5.57. The number of amides is 1. The summed E-state index contributed by atoms with van der Waals surface area (Å²) in [7, 11) is 1.58. The molecule has 0 spiro atoms. The van der Waals surface area contributed by atoms with Crippen LogP contribution in [-0.4, -0.2) is 25.8 Å². The third-order valence-electron chi connectivity index (χ3n) is 3.04. The summed E-state index contributed by atoms with van der Waals surface area (Å²) in [6.07, 6.45) is 1.54. The highest BCUT2D eigenvalue weighted by Crippen LogP contribution is 2.27. The van der Waals surface area contributed by atoms with Crippen LogP contribution in [0.3, 0.4) is 0 Å². The summed E-state index contributed by atoms with van der Waals surface area (Å²) in [5.74, 6) is 0.971. The molecule has 0 heterocycles. The summed E-state index contributed by atoms with van der Waals surface area (Å²) in [6.45, 7) is 2.43. The van der Waals surface area contributed by atoms with Crippen molar-refractivity contribution >= 4 is 17.8 Å². The SMILES string of the molecule is CCOc1cc(/C=N\NC(=O)c2ccc(N)cc2)ccc1OC. The van der Waals surface area contributed by atoms with Crippen LogP contribution in [0.1, 0.15) is 22.8 Å². The van der Waals surface area contributed by atoms with Crippen molar-refractivity contribution in [2.75, 3.05) is 19.5 Å². The lowest BCUT2D eigenvalue weighted by molar-refractivity contribution is 0.0955. The predicted molar refractivity (Wildman–Crippen MR) is 90.1 cm³/mol. The number of rotatable bonds is 6. The first-order valence-electron chi connectivity index (χ1n) is 7.13. The van der Waals surface area contributed by atoms with Crippen LogP contribution in [0.2, 0.25) is 0 Å². The molecule has 0 saturated carbocycles. The standard InChI is InChI=1S/C17H19N3O3/c1-3-23-16-10-12(4-9-15(16)22-2)11-19-20-17(21)13-5-7-14(18)8-6-13/h4-11H,3,18H2,1-2H3,(H,20,21)/b19-11-. The number of nitrogens with one attached hydrogen (secondary N) is 1. The number of hydrazone groups is 1. The fraction of sp³-hybridized carbons (Fsp3) is 0.176. The van der Waals surface area contributed by atoms with E-state index < -0.39 is 0 Å². The summed E-state index contributed by atoms with van der Waals surface area (Å²) >= 11 is 0. The Hall–Kier alpha value is -3.02. The fourth-order valence-corrected chi connectivity index (χ4v) is 1.91. The molecule has 0 bridgehead atoms. The van der Waals surface area contributed by atoms with E-state index in [-0.39, 0.29) is 5.91 Å². The monoisotopic (exact) mass is 313 g/mol. The Morgan fingerprint density at radius 1 is 1.22 bits per heavy atom. The Bertz CT molecular complexity index is 697. The van der Waals surface area contributed by atoms with Gasteiger partial charge >= 0.3 is 0 Å². The molecular weight excluding hydrogens is 294 g/mol. The van der Waals surface area contributed by atoms with Crippen LogP contribution in [0, 0.1) is 0 Å². The highest BCUT2D eigenvalue weighted by Gasteiger charge is 2.05. The molecule has 0 saturated heterocycles. The lowest BCUT2D eigenvalue weighted by Crippen LogP contribution is -2.17. The predicted octanol–water partition coefficient (Wildman–Crippen LogP) is 2.44. The number of carbonyl (C=O) groups excluding carboxylic acids is 1. The highest BCUT2D eigenvalue weighted by molar-refractivity contribution is 5.95. The first-order chi connectivity index (χ1) is 11.1. The maximum Gasteiger partial charge on any atom is 0.271 e. The van der Waals surface area contributed by atoms with E-state index in [0.717, 1.165) is 5.56 Å². The average molecular weight is 313 g/mol. The molecule has 0 aliphatic carbocycles. The maximum atomic E-state index is 11.9. The van der Waals surface area contributed by atoms with Crippen LogP contribution in [0.5, 0.6) is 11.5 Å².